The fourth-order valence-electron chi connectivity index (χ4n) is 1.42. The Morgan fingerprint density at radius 2 is 2.05 bits per heavy atom. The molecule has 2 rings (SSSR count). The van der Waals surface area contributed by atoms with Crippen molar-refractivity contribution in [2.75, 3.05) is 11.9 Å². The number of hydrogen-bond acceptors (Lipinski definition) is 4. The van der Waals surface area contributed by atoms with Crippen LogP contribution in [-0.2, 0) is 0 Å². The molecule has 0 spiro atoms. The van der Waals surface area contributed by atoms with Gasteiger partial charge in [-0.15, -0.1) is 5.92 Å². The predicted octanol–water partition coefficient (Wildman–Crippen LogP) is 2.27. The number of ether oxygens (including phenoxy) is 1. The zero-order valence-electron chi connectivity index (χ0n) is 11.3. The molecule has 0 aliphatic carbocycles. The lowest BCUT2D eigenvalue weighted by atomic mass is 10.3. The van der Waals surface area contributed by atoms with Crippen LogP contribution in [0.5, 0.6) is 5.88 Å². The minimum atomic E-state index is -0.436. The molecule has 0 aliphatic rings. The van der Waals surface area contributed by atoms with Crippen molar-refractivity contribution in [2.24, 2.45) is 0 Å². The van der Waals surface area contributed by atoms with Crippen LogP contribution in [0.2, 0.25) is 0 Å². The highest BCUT2D eigenvalue weighted by atomic mass is 19.1. The average molecular weight is 285 g/mol. The van der Waals surface area contributed by atoms with Gasteiger partial charge in [-0.25, -0.2) is 14.4 Å². The van der Waals surface area contributed by atoms with Crippen LogP contribution in [0.4, 0.5) is 10.1 Å². The lowest BCUT2D eigenvalue weighted by Gasteiger charge is -2.05. The van der Waals surface area contributed by atoms with E-state index in [0.717, 1.165) is 0 Å². The molecule has 1 amide bonds. The predicted molar refractivity (Wildman–Crippen MR) is 75.3 cm³/mol. The van der Waals surface area contributed by atoms with Gasteiger partial charge in [0, 0.05) is 5.69 Å². The van der Waals surface area contributed by atoms with Crippen molar-refractivity contribution in [3.8, 4) is 17.7 Å². The molecule has 5 nitrogen and oxygen atoms in total. The number of benzene rings is 1. The first-order valence-corrected chi connectivity index (χ1v) is 6.10. The van der Waals surface area contributed by atoms with Gasteiger partial charge >= 0.3 is 0 Å². The third-order valence-electron chi connectivity index (χ3n) is 2.43. The normalized spacial score (nSPS) is 9.43. The number of nitrogens with one attached hydrogen (secondary N) is 1. The van der Waals surface area contributed by atoms with Gasteiger partial charge in [0.15, 0.2) is 6.61 Å². The van der Waals surface area contributed by atoms with Crippen LogP contribution < -0.4 is 10.1 Å². The molecule has 1 N–H and O–H groups in total. The Labute approximate surface area is 121 Å². The van der Waals surface area contributed by atoms with Crippen molar-refractivity contribution in [2.45, 2.75) is 6.92 Å². The summed E-state index contributed by atoms with van der Waals surface area (Å²) in [6, 6.07) is 5.43. The summed E-state index contributed by atoms with van der Waals surface area (Å²) in [5, 5.41) is 2.59. The molecule has 0 aliphatic heterocycles. The van der Waals surface area contributed by atoms with Gasteiger partial charge in [0.05, 0.1) is 12.4 Å². The van der Waals surface area contributed by atoms with Crippen LogP contribution in [0, 0.1) is 17.7 Å². The van der Waals surface area contributed by atoms with Crippen LogP contribution in [0.15, 0.2) is 36.7 Å². The maximum Gasteiger partial charge on any atom is 0.275 e. The number of carbonyl (C=O) groups excluding carboxylic acids is 1. The first-order valence-electron chi connectivity index (χ1n) is 6.10. The number of hydrogen-bond donors (Lipinski definition) is 1. The highest BCUT2D eigenvalue weighted by Gasteiger charge is 2.08. The zero-order chi connectivity index (χ0) is 15.1. The van der Waals surface area contributed by atoms with Gasteiger partial charge in [-0.3, -0.25) is 4.79 Å². The minimum absolute atomic E-state index is 0.133. The van der Waals surface area contributed by atoms with Crippen molar-refractivity contribution in [3.63, 3.8) is 0 Å². The summed E-state index contributed by atoms with van der Waals surface area (Å²) in [5.74, 6) is 4.89. The smallest absolute Gasteiger partial charge is 0.275 e. The fourth-order valence-corrected chi connectivity index (χ4v) is 1.42. The van der Waals surface area contributed by atoms with E-state index < -0.39 is 5.91 Å². The van der Waals surface area contributed by atoms with Gasteiger partial charge in [0.1, 0.15) is 11.5 Å². The molecule has 0 atom stereocenters. The van der Waals surface area contributed by atoms with Crippen molar-refractivity contribution >= 4 is 11.6 Å². The Hall–Kier alpha value is -2.94. The Morgan fingerprint density at radius 1 is 1.29 bits per heavy atom. The summed E-state index contributed by atoms with van der Waals surface area (Å²) in [4.78, 5) is 19.8. The molecular formula is C15H12FN3O2. The number of rotatable bonds is 4. The maximum atomic E-state index is 12.8. The Morgan fingerprint density at radius 3 is 2.67 bits per heavy atom. The van der Waals surface area contributed by atoms with E-state index >= 15 is 0 Å². The summed E-state index contributed by atoms with van der Waals surface area (Å²) in [6.07, 6.45) is 2.64. The number of halogens is 1. The van der Waals surface area contributed by atoms with E-state index in [4.69, 9.17) is 4.74 Å². The quantitative estimate of drug-likeness (QED) is 0.875. The van der Waals surface area contributed by atoms with Crippen LogP contribution in [0.1, 0.15) is 17.4 Å². The molecule has 0 saturated heterocycles. The van der Waals surface area contributed by atoms with E-state index in [9.17, 15) is 9.18 Å². The summed E-state index contributed by atoms with van der Waals surface area (Å²) < 4.78 is 18.0. The molecule has 0 radical (unpaired) electrons. The second kappa shape index (κ2) is 7.01. The lowest BCUT2D eigenvalue weighted by Crippen LogP contribution is -2.14. The molecule has 2 aromatic rings. The summed E-state index contributed by atoms with van der Waals surface area (Å²) >= 11 is 0. The van der Waals surface area contributed by atoms with Gasteiger partial charge in [0.2, 0.25) is 5.88 Å². The number of anilines is 1. The van der Waals surface area contributed by atoms with E-state index in [1.807, 2.05) is 0 Å². The molecule has 21 heavy (non-hydrogen) atoms. The van der Waals surface area contributed by atoms with Crippen molar-refractivity contribution in [1.29, 1.82) is 0 Å². The molecule has 1 heterocycles. The molecule has 0 saturated carbocycles. The van der Waals surface area contributed by atoms with E-state index in [0.29, 0.717) is 5.69 Å². The standard InChI is InChI=1S/C15H12FN3O2/c1-2-3-8-21-14-10-17-13(9-18-14)15(20)19-12-6-4-11(16)5-7-12/h4-7,9-10H,8H2,1H3,(H,19,20). The SMILES string of the molecule is CC#CCOc1cnc(C(=O)Nc2ccc(F)cc2)cn1. The second-order valence-electron chi connectivity index (χ2n) is 3.92. The van der Waals surface area contributed by atoms with Crippen LogP contribution in [-0.4, -0.2) is 22.5 Å². The summed E-state index contributed by atoms with van der Waals surface area (Å²) in [5.41, 5.74) is 0.606. The first-order chi connectivity index (χ1) is 10.2. The Bertz CT molecular complexity index is 673. The molecular weight excluding hydrogens is 273 g/mol. The summed E-state index contributed by atoms with van der Waals surface area (Å²) in [7, 11) is 0. The Kier molecular flexibility index (Phi) is 4.83. The van der Waals surface area contributed by atoms with E-state index in [1.54, 1.807) is 6.92 Å². The average Bonchev–Trinajstić information content (AvgIpc) is 2.50. The number of carbonyl (C=O) groups is 1. The van der Waals surface area contributed by atoms with E-state index in [2.05, 4.69) is 27.1 Å². The zero-order valence-corrected chi connectivity index (χ0v) is 11.3. The fraction of sp³-hybridized carbons (Fsp3) is 0.133. The van der Waals surface area contributed by atoms with Gasteiger partial charge in [-0.1, -0.05) is 5.92 Å². The topological polar surface area (TPSA) is 64.1 Å². The molecule has 0 unspecified atom stereocenters. The first kappa shape index (κ1) is 14.5. The van der Waals surface area contributed by atoms with Crippen molar-refractivity contribution in [1.82, 2.24) is 9.97 Å². The second-order valence-corrected chi connectivity index (χ2v) is 3.92. The van der Waals surface area contributed by atoms with Gasteiger partial charge in [-0.05, 0) is 31.2 Å². The highest BCUT2D eigenvalue weighted by molar-refractivity contribution is 6.02. The minimum Gasteiger partial charge on any atom is -0.463 e. The number of nitrogens with zero attached hydrogens (tertiary/aromatic N) is 2. The lowest BCUT2D eigenvalue weighted by molar-refractivity contribution is 0.102. The third-order valence-corrected chi connectivity index (χ3v) is 2.43. The van der Waals surface area contributed by atoms with Crippen molar-refractivity contribution in [3.05, 3.63) is 48.2 Å². The largest absolute Gasteiger partial charge is 0.463 e. The molecule has 0 fully saturated rings. The van der Waals surface area contributed by atoms with E-state index in [-0.39, 0.29) is 24.0 Å². The van der Waals surface area contributed by atoms with Gasteiger partial charge in [0.25, 0.3) is 5.91 Å². The number of amides is 1. The Balaban J connectivity index is 1.98. The van der Waals surface area contributed by atoms with Crippen LogP contribution >= 0.6 is 0 Å². The van der Waals surface area contributed by atoms with Gasteiger partial charge < -0.3 is 10.1 Å². The van der Waals surface area contributed by atoms with Gasteiger partial charge in [-0.2, -0.15) is 0 Å². The molecule has 106 valence electrons. The summed E-state index contributed by atoms with van der Waals surface area (Å²) in [6.45, 7) is 1.92. The maximum absolute atomic E-state index is 12.8. The van der Waals surface area contributed by atoms with E-state index in [1.165, 1.54) is 36.7 Å². The number of aromatic nitrogens is 2. The van der Waals surface area contributed by atoms with Crippen LogP contribution in [0.3, 0.4) is 0 Å². The molecule has 1 aromatic heterocycles. The molecule has 0 bridgehead atoms. The molecule has 1 aromatic carbocycles. The van der Waals surface area contributed by atoms with Crippen LogP contribution in [0.25, 0.3) is 0 Å². The monoisotopic (exact) mass is 285 g/mol. The third kappa shape index (κ3) is 4.28. The highest BCUT2D eigenvalue weighted by Crippen LogP contribution is 2.10. The van der Waals surface area contributed by atoms with Crippen molar-refractivity contribution < 1.29 is 13.9 Å². The molecule has 6 heteroatoms.